The zero-order valence-electron chi connectivity index (χ0n) is 14.0. The Morgan fingerprint density at radius 1 is 1.38 bits per heavy atom. The number of carbonyl (C=O) groups excluding carboxylic acids is 1. The number of aromatic carboxylic acids is 1. The Balaban J connectivity index is 2.47. The van der Waals surface area contributed by atoms with Gasteiger partial charge in [0.15, 0.2) is 5.82 Å². The van der Waals surface area contributed by atoms with Crippen LogP contribution in [0.3, 0.4) is 0 Å². The molecule has 13 heteroatoms. The Bertz CT molecular complexity index is 1020. The monoisotopic (exact) mass is 420 g/mol. The van der Waals surface area contributed by atoms with E-state index in [9.17, 15) is 23.1 Å². The average molecular weight is 420 g/mol. The van der Waals surface area contributed by atoms with Crippen LogP contribution in [0.1, 0.15) is 34.9 Å². The van der Waals surface area contributed by atoms with E-state index in [-0.39, 0.29) is 4.77 Å². The van der Waals surface area contributed by atoms with E-state index >= 15 is 0 Å². The van der Waals surface area contributed by atoms with Crippen LogP contribution >= 0.6 is 23.6 Å². The summed E-state index contributed by atoms with van der Waals surface area (Å²) in [5, 5.41) is 14.4. The number of carbonyl (C=O) groups is 2. The minimum absolute atomic E-state index is 0.156. The van der Waals surface area contributed by atoms with Gasteiger partial charge in [-0.05, 0) is 18.6 Å². The summed E-state index contributed by atoms with van der Waals surface area (Å²) >= 11 is 6.04. The van der Waals surface area contributed by atoms with Crippen molar-refractivity contribution in [1.29, 1.82) is 0 Å². The lowest BCUT2D eigenvalue weighted by Gasteiger charge is -2.08. The molecule has 2 heterocycles. The molecule has 0 unspecified atom stereocenters. The summed E-state index contributed by atoms with van der Waals surface area (Å²) in [6.45, 7) is 3.44. The Morgan fingerprint density at radius 3 is 2.50 bits per heavy atom. The number of amides is 1. The number of hydrogen-bond acceptors (Lipinski definition) is 8. The number of hydrogen-bond donors (Lipinski definition) is 2. The minimum atomic E-state index is -4.44. The van der Waals surface area contributed by atoms with E-state index in [1.54, 1.807) is 13.8 Å². The molecule has 142 valence electrons. The lowest BCUT2D eigenvalue weighted by Crippen LogP contribution is -2.36. The molecule has 10 nitrogen and oxygen atoms in total. The van der Waals surface area contributed by atoms with Gasteiger partial charge >= 0.3 is 12.0 Å². The second kappa shape index (κ2) is 7.55. The summed E-state index contributed by atoms with van der Waals surface area (Å²) < 4.78 is 28.7. The van der Waals surface area contributed by atoms with Gasteiger partial charge in [-0.2, -0.15) is 0 Å². The van der Waals surface area contributed by atoms with Gasteiger partial charge in [0.2, 0.25) is 4.77 Å². The highest BCUT2D eigenvalue weighted by molar-refractivity contribution is 7.90. The number of aromatic nitrogens is 3. The maximum atomic E-state index is 12.6. The molecule has 2 aromatic heterocycles. The summed E-state index contributed by atoms with van der Waals surface area (Å²) in [6.07, 6.45) is 0.679. The number of nitrogens with one attached hydrogen (secondary N) is 1. The van der Waals surface area contributed by atoms with E-state index in [2.05, 4.69) is 5.10 Å². The number of aryl methyl sites for hydroxylation is 2. The Labute approximate surface area is 158 Å². The predicted octanol–water partition coefficient (Wildman–Crippen LogP) is 1.30. The molecule has 0 aliphatic heterocycles. The van der Waals surface area contributed by atoms with E-state index in [0.717, 1.165) is 16.1 Å². The molecule has 0 bridgehead atoms. The van der Waals surface area contributed by atoms with Gasteiger partial charge in [-0.15, -0.1) is 25.8 Å². The van der Waals surface area contributed by atoms with Gasteiger partial charge in [0.05, 0.1) is 5.56 Å². The van der Waals surface area contributed by atoms with Gasteiger partial charge in [0.25, 0.3) is 10.0 Å². The van der Waals surface area contributed by atoms with Crippen LogP contribution in [0, 0.1) is 4.77 Å². The molecule has 0 saturated carbocycles. The van der Waals surface area contributed by atoms with Crippen molar-refractivity contribution in [2.45, 2.75) is 31.6 Å². The lowest BCUT2D eigenvalue weighted by atomic mass is 10.3. The lowest BCUT2D eigenvalue weighted by molar-refractivity contribution is 0.0693. The summed E-state index contributed by atoms with van der Waals surface area (Å²) in [4.78, 5) is 28.6. The van der Waals surface area contributed by atoms with Crippen molar-refractivity contribution >= 4 is 45.6 Å². The summed E-state index contributed by atoms with van der Waals surface area (Å²) in [5.74, 6) is -1.08. The van der Waals surface area contributed by atoms with Crippen molar-refractivity contribution in [2.75, 3.05) is 7.11 Å². The topological polar surface area (TPSA) is 133 Å². The van der Waals surface area contributed by atoms with Crippen molar-refractivity contribution in [1.82, 2.24) is 19.2 Å². The van der Waals surface area contributed by atoms with Crippen LogP contribution in [-0.4, -0.2) is 47.1 Å². The Hall–Kier alpha value is -2.25. The molecule has 0 fully saturated rings. The van der Waals surface area contributed by atoms with Crippen LogP contribution in [0.5, 0.6) is 0 Å². The van der Waals surface area contributed by atoms with Gasteiger partial charge in [0.1, 0.15) is 12.0 Å². The average Bonchev–Trinajstić information content (AvgIpc) is 3.15. The maximum Gasteiger partial charge on any atom is 0.358 e. The maximum absolute atomic E-state index is 12.6. The summed E-state index contributed by atoms with van der Waals surface area (Å²) in [6, 6.07) is -1.13. The van der Waals surface area contributed by atoms with E-state index in [1.165, 1.54) is 12.5 Å². The first-order valence-corrected chi connectivity index (χ1v) is 10.1. The molecule has 0 atom stereocenters. The summed E-state index contributed by atoms with van der Waals surface area (Å²) in [7, 11) is -3.12. The van der Waals surface area contributed by atoms with Crippen LogP contribution in [-0.2, 0) is 22.9 Å². The number of carboxylic acid groups (broad SMARTS) is 1. The number of carboxylic acids is 1. The first-order valence-electron chi connectivity index (χ1n) is 7.34. The van der Waals surface area contributed by atoms with Gasteiger partial charge in [-0.1, -0.05) is 13.8 Å². The molecule has 2 aromatic rings. The highest BCUT2D eigenvalue weighted by Crippen LogP contribution is 2.28. The summed E-state index contributed by atoms with van der Waals surface area (Å²) in [5.41, 5.74) is -0.396. The minimum Gasteiger partial charge on any atom is -0.478 e. The number of rotatable bonds is 6. The van der Waals surface area contributed by atoms with Crippen molar-refractivity contribution in [3.63, 3.8) is 0 Å². The largest absolute Gasteiger partial charge is 0.478 e. The molecular formula is C13H16N4O6S3. The second-order valence-electron chi connectivity index (χ2n) is 4.91. The van der Waals surface area contributed by atoms with Crippen LogP contribution < -0.4 is 9.56 Å². The predicted molar refractivity (Wildman–Crippen MR) is 94.7 cm³/mol. The first-order chi connectivity index (χ1) is 12.2. The van der Waals surface area contributed by atoms with E-state index in [0.29, 0.717) is 28.2 Å². The van der Waals surface area contributed by atoms with E-state index < -0.39 is 32.5 Å². The third-order valence-electron chi connectivity index (χ3n) is 3.35. The second-order valence-corrected chi connectivity index (χ2v) is 7.86. The molecule has 1 amide bonds. The van der Waals surface area contributed by atoms with Crippen molar-refractivity contribution in [2.24, 2.45) is 0 Å². The smallest absolute Gasteiger partial charge is 0.358 e. The van der Waals surface area contributed by atoms with Crippen molar-refractivity contribution in [3.05, 3.63) is 26.4 Å². The quantitative estimate of drug-likeness (QED) is 0.668. The number of nitrogens with zero attached hydrogens (tertiary/aromatic N) is 3. The van der Waals surface area contributed by atoms with Crippen molar-refractivity contribution in [3.8, 4) is 0 Å². The molecule has 26 heavy (non-hydrogen) atoms. The zero-order valence-corrected chi connectivity index (χ0v) is 16.5. The molecule has 0 aromatic carbocycles. The zero-order chi connectivity index (χ0) is 19.6. The van der Waals surface area contributed by atoms with Gasteiger partial charge in [-0.3, -0.25) is 0 Å². The third-order valence-corrected chi connectivity index (χ3v) is 6.40. The Kier molecular flexibility index (Phi) is 5.83. The van der Waals surface area contributed by atoms with Crippen molar-refractivity contribution < 1.29 is 28.0 Å². The first kappa shape index (κ1) is 20.1. The highest BCUT2D eigenvalue weighted by Gasteiger charge is 2.30. The molecule has 2 rings (SSSR count). The van der Waals surface area contributed by atoms with Crippen LogP contribution in [0.25, 0.3) is 0 Å². The molecule has 0 spiro atoms. The fraction of sp³-hybridized carbons (Fsp3) is 0.385. The molecule has 0 aliphatic rings. The number of sulfonamides is 1. The molecule has 0 radical (unpaired) electrons. The fourth-order valence-electron chi connectivity index (χ4n) is 2.21. The van der Waals surface area contributed by atoms with Crippen LogP contribution in [0.4, 0.5) is 4.79 Å². The Morgan fingerprint density at radius 2 is 2.04 bits per heavy atom. The van der Waals surface area contributed by atoms with E-state index in [1.807, 2.05) is 4.72 Å². The molecule has 2 N–H and O–H groups in total. The SMILES string of the molecule is CCc1scc(C(=O)O)c1S(=O)(=O)NC(=O)n1nc(CC)n(OC)c1=S. The van der Waals surface area contributed by atoms with Gasteiger partial charge < -0.3 is 9.94 Å². The molecular weight excluding hydrogens is 404 g/mol. The highest BCUT2D eigenvalue weighted by atomic mass is 32.2. The fourth-order valence-corrected chi connectivity index (χ4v) is 5.22. The normalized spacial score (nSPS) is 11.3. The molecule has 0 saturated heterocycles. The standard InChI is InChI=1S/C13H16N4O6S3/c1-4-8-10(7(6-25-8)11(18)19)26(21,22)15-12(20)16-13(24)17(23-3)9(5-2)14-16/h6H,4-5H2,1-3H3,(H,15,20)(H,18,19). The van der Waals surface area contributed by atoms with E-state index in [4.69, 9.17) is 17.1 Å². The van der Waals surface area contributed by atoms with Crippen LogP contribution in [0.15, 0.2) is 10.3 Å². The van der Waals surface area contributed by atoms with Crippen LogP contribution in [0.2, 0.25) is 0 Å². The van der Waals surface area contributed by atoms with Gasteiger partial charge in [0, 0.05) is 16.7 Å². The third kappa shape index (κ3) is 3.50. The van der Waals surface area contributed by atoms with Gasteiger partial charge in [-0.25, -0.2) is 22.7 Å². The number of thiophene rings is 1. The molecule has 0 aliphatic carbocycles.